The maximum atomic E-state index is 11.7. The van der Waals surface area contributed by atoms with Gasteiger partial charge in [-0.15, -0.1) is 0 Å². The normalized spacial score (nSPS) is 21.0. The second-order valence-electron chi connectivity index (χ2n) is 8.12. The van der Waals surface area contributed by atoms with Crippen LogP contribution in [0.25, 0.3) is 0 Å². The van der Waals surface area contributed by atoms with E-state index in [1.165, 1.54) is 11.1 Å². The molecule has 1 N–H and O–H groups in total. The van der Waals surface area contributed by atoms with Crippen molar-refractivity contribution in [2.24, 2.45) is 5.92 Å². The topological polar surface area (TPSA) is 54.5 Å². The zero-order valence-electron chi connectivity index (χ0n) is 16.7. The highest BCUT2D eigenvalue weighted by Gasteiger charge is 2.29. The van der Waals surface area contributed by atoms with E-state index in [4.69, 9.17) is 4.74 Å². The molecule has 2 aliphatic heterocycles. The van der Waals surface area contributed by atoms with Crippen molar-refractivity contribution in [3.8, 4) is 5.75 Å². The average molecular weight is 380 g/mol. The molecule has 1 amide bonds. The summed E-state index contributed by atoms with van der Waals surface area (Å²) >= 11 is 0. The summed E-state index contributed by atoms with van der Waals surface area (Å²) in [6.45, 7) is 6.76. The first-order valence-corrected chi connectivity index (χ1v) is 10.3. The fourth-order valence-corrected chi connectivity index (χ4v) is 4.49. The highest BCUT2D eigenvalue weighted by atomic mass is 16.5. The van der Waals surface area contributed by atoms with Gasteiger partial charge in [-0.3, -0.25) is 14.7 Å². The van der Waals surface area contributed by atoms with Crippen molar-refractivity contribution >= 4 is 5.91 Å². The van der Waals surface area contributed by atoms with Gasteiger partial charge in [0, 0.05) is 26.1 Å². The lowest BCUT2D eigenvalue weighted by Gasteiger charge is -2.36. The molecule has 28 heavy (non-hydrogen) atoms. The Balaban J connectivity index is 1.37. The first-order valence-electron chi connectivity index (χ1n) is 10.3. The average Bonchev–Trinajstić information content (AvgIpc) is 3.07. The number of likely N-dealkylation sites (tertiary alicyclic amines) is 1. The van der Waals surface area contributed by atoms with E-state index >= 15 is 0 Å². The summed E-state index contributed by atoms with van der Waals surface area (Å²) in [6, 6.07) is 12.5. The Kier molecular flexibility index (Phi) is 5.62. The molecule has 1 aromatic carbocycles. The molecular weight excluding hydrogens is 350 g/mol. The van der Waals surface area contributed by atoms with Crippen LogP contribution in [0.3, 0.4) is 0 Å². The van der Waals surface area contributed by atoms with E-state index in [-0.39, 0.29) is 11.9 Å². The molecule has 4 rings (SSSR count). The molecule has 0 saturated carbocycles. The molecule has 5 heteroatoms. The van der Waals surface area contributed by atoms with Crippen molar-refractivity contribution < 1.29 is 9.53 Å². The summed E-state index contributed by atoms with van der Waals surface area (Å²) in [5, 5.41) is 3.13. The third-order valence-electron chi connectivity index (χ3n) is 5.84. The van der Waals surface area contributed by atoms with Gasteiger partial charge in [-0.25, -0.2) is 0 Å². The summed E-state index contributed by atoms with van der Waals surface area (Å²) in [5.74, 6) is 1.47. The van der Waals surface area contributed by atoms with E-state index in [0.717, 1.165) is 50.3 Å². The number of carbonyl (C=O) groups is 1. The summed E-state index contributed by atoms with van der Waals surface area (Å²) in [6.07, 6.45) is 5.23. The standard InChI is InChI=1S/C23H29N3O2/c1-16-13-20-14-18(6-7-22(20)28-16)15-26-11-8-19(9-12-26)23(25-17(2)27)21-5-3-4-10-24-21/h3-7,10,14,16,19,23H,8-9,11-13,15H2,1-2H3,(H,25,27)/t16-,23-/m1/s1. The number of piperidine rings is 1. The molecule has 2 aromatic rings. The van der Waals surface area contributed by atoms with Gasteiger partial charge in [0.25, 0.3) is 0 Å². The first-order chi connectivity index (χ1) is 13.6. The third-order valence-corrected chi connectivity index (χ3v) is 5.84. The molecule has 0 bridgehead atoms. The molecule has 0 unspecified atom stereocenters. The molecule has 3 heterocycles. The van der Waals surface area contributed by atoms with Gasteiger partial charge in [0.2, 0.25) is 5.91 Å². The Morgan fingerprint density at radius 1 is 1.29 bits per heavy atom. The Labute approximate surface area is 167 Å². The number of benzene rings is 1. The van der Waals surface area contributed by atoms with Crippen molar-refractivity contribution in [2.45, 2.75) is 51.8 Å². The van der Waals surface area contributed by atoms with Crippen LogP contribution in [-0.4, -0.2) is 35.0 Å². The number of aromatic nitrogens is 1. The number of hydrogen-bond acceptors (Lipinski definition) is 4. The van der Waals surface area contributed by atoms with Crippen LogP contribution < -0.4 is 10.1 Å². The fraction of sp³-hybridized carbons (Fsp3) is 0.478. The number of rotatable bonds is 5. The van der Waals surface area contributed by atoms with Crippen LogP contribution in [-0.2, 0) is 17.8 Å². The fourth-order valence-electron chi connectivity index (χ4n) is 4.49. The van der Waals surface area contributed by atoms with Gasteiger partial charge in [0.1, 0.15) is 11.9 Å². The lowest BCUT2D eigenvalue weighted by atomic mass is 9.87. The SMILES string of the molecule is CC(=O)N[C@@H](c1ccccn1)C1CCN(Cc2ccc3c(c2)C[C@@H](C)O3)CC1. The summed E-state index contributed by atoms with van der Waals surface area (Å²) in [4.78, 5) is 18.7. The molecule has 2 atom stereocenters. The highest BCUT2D eigenvalue weighted by Crippen LogP contribution is 2.32. The second kappa shape index (κ2) is 8.31. The zero-order valence-corrected chi connectivity index (χ0v) is 16.7. The van der Waals surface area contributed by atoms with Crippen LogP contribution in [0.15, 0.2) is 42.6 Å². The van der Waals surface area contributed by atoms with Crippen LogP contribution >= 0.6 is 0 Å². The molecule has 5 nitrogen and oxygen atoms in total. The van der Waals surface area contributed by atoms with Crippen LogP contribution in [0.2, 0.25) is 0 Å². The lowest BCUT2D eigenvalue weighted by molar-refractivity contribution is -0.120. The van der Waals surface area contributed by atoms with Gasteiger partial charge in [0.15, 0.2) is 0 Å². The quantitative estimate of drug-likeness (QED) is 0.864. The Bertz CT molecular complexity index is 816. The van der Waals surface area contributed by atoms with Gasteiger partial charge in [-0.05, 0) is 68.1 Å². The molecule has 0 spiro atoms. The zero-order chi connectivity index (χ0) is 19.5. The number of nitrogens with zero attached hydrogens (tertiary/aromatic N) is 2. The van der Waals surface area contributed by atoms with E-state index in [0.29, 0.717) is 12.0 Å². The molecule has 1 aromatic heterocycles. The first kappa shape index (κ1) is 18.9. The largest absolute Gasteiger partial charge is 0.490 e. The van der Waals surface area contributed by atoms with E-state index in [1.54, 1.807) is 13.1 Å². The van der Waals surface area contributed by atoms with Crippen molar-refractivity contribution in [1.82, 2.24) is 15.2 Å². The highest BCUT2D eigenvalue weighted by molar-refractivity contribution is 5.73. The van der Waals surface area contributed by atoms with E-state index in [9.17, 15) is 4.79 Å². The summed E-state index contributed by atoms with van der Waals surface area (Å²) < 4.78 is 5.81. The number of fused-ring (bicyclic) bond motifs is 1. The second-order valence-corrected chi connectivity index (χ2v) is 8.12. The number of pyridine rings is 1. The predicted molar refractivity (Wildman–Crippen MR) is 109 cm³/mol. The van der Waals surface area contributed by atoms with Gasteiger partial charge in [-0.2, -0.15) is 0 Å². The predicted octanol–water partition coefficient (Wildman–Crippen LogP) is 3.49. The van der Waals surface area contributed by atoms with Crippen LogP contribution in [0.1, 0.15) is 49.6 Å². The molecule has 0 radical (unpaired) electrons. The molecule has 1 saturated heterocycles. The Hall–Kier alpha value is -2.40. The number of hydrogen-bond donors (Lipinski definition) is 1. The summed E-state index contributed by atoms with van der Waals surface area (Å²) in [5.41, 5.74) is 3.66. The number of ether oxygens (including phenoxy) is 1. The van der Waals surface area contributed by atoms with Crippen molar-refractivity contribution in [2.75, 3.05) is 13.1 Å². The van der Waals surface area contributed by atoms with E-state index in [2.05, 4.69) is 40.3 Å². The van der Waals surface area contributed by atoms with Gasteiger partial charge in [-0.1, -0.05) is 18.2 Å². The molecule has 148 valence electrons. The summed E-state index contributed by atoms with van der Waals surface area (Å²) in [7, 11) is 0. The van der Waals surface area contributed by atoms with Crippen molar-refractivity contribution in [3.63, 3.8) is 0 Å². The number of amides is 1. The molecular formula is C23H29N3O2. The van der Waals surface area contributed by atoms with E-state index < -0.39 is 0 Å². The molecule has 2 aliphatic rings. The van der Waals surface area contributed by atoms with Gasteiger partial charge in [0.05, 0.1) is 11.7 Å². The minimum Gasteiger partial charge on any atom is -0.490 e. The smallest absolute Gasteiger partial charge is 0.217 e. The van der Waals surface area contributed by atoms with Gasteiger partial charge >= 0.3 is 0 Å². The molecule has 1 fully saturated rings. The maximum Gasteiger partial charge on any atom is 0.217 e. The lowest BCUT2D eigenvalue weighted by Crippen LogP contribution is -2.40. The minimum absolute atomic E-state index is 0.000481. The van der Waals surface area contributed by atoms with Gasteiger partial charge < -0.3 is 10.1 Å². The molecule has 0 aliphatic carbocycles. The maximum absolute atomic E-state index is 11.7. The van der Waals surface area contributed by atoms with Crippen molar-refractivity contribution in [1.29, 1.82) is 0 Å². The Morgan fingerprint density at radius 3 is 2.82 bits per heavy atom. The third kappa shape index (κ3) is 4.36. The van der Waals surface area contributed by atoms with Crippen LogP contribution in [0.4, 0.5) is 0 Å². The Morgan fingerprint density at radius 2 is 2.11 bits per heavy atom. The van der Waals surface area contributed by atoms with Crippen LogP contribution in [0, 0.1) is 5.92 Å². The monoisotopic (exact) mass is 379 g/mol. The number of nitrogens with one attached hydrogen (secondary N) is 1. The van der Waals surface area contributed by atoms with Crippen LogP contribution in [0.5, 0.6) is 5.75 Å². The number of carbonyl (C=O) groups excluding carboxylic acids is 1. The van der Waals surface area contributed by atoms with E-state index in [1.807, 2.05) is 18.2 Å². The van der Waals surface area contributed by atoms with Crippen molar-refractivity contribution in [3.05, 3.63) is 59.4 Å². The minimum atomic E-state index is -0.000481.